The highest BCUT2D eigenvalue weighted by Gasteiger charge is 2.30. The van der Waals surface area contributed by atoms with Gasteiger partial charge in [-0.05, 0) is 48.1 Å². The number of benzene rings is 2. The van der Waals surface area contributed by atoms with Crippen LogP contribution in [0.4, 0.5) is 8.78 Å². The first-order valence-corrected chi connectivity index (χ1v) is 12.3. The van der Waals surface area contributed by atoms with E-state index >= 15 is 4.39 Å². The molecule has 6 nitrogen and oxygen atoms in total. The summed E-state index contributed by atoms with van der Waals surface area (Å²) in [5.41, 5.74) is 1.45. The average molecular weight is 486 g/mol. The summed E-state index contributed by atoms with van der Waals surface area (Å²) in [5.74, 6) is -1.04. The maximum Gasteiger partial charge on any atom is 0.254 e. The second kappa shape index (κ2) is 10.0. The summed E-state index contributed by atoms with van der Waals surface area (Å²) in [6, 6.07) is 5.43. The van der Waals surface area contributed by atoms with Gasteiger partial charge in [0.1, 0.15) is 17.4 Å². The zero-order valence-electron chi connectivity index (χ0n) is 19.4. The van der Waals surface area contributed by atoms with Gasteiger partial charge in [0.2, 0.25) is 0 Å². The molecule has 8 heteroatoms. The fourth-order valence-electron chi connectivity index (χ4n) is 4.84. The number of ether oxygens (including phenoxy) is 2. The maximum absolute atomic E-state index is 15.2. The molecule has 5 rings (SSSR count). The number of aliphatic hydroxyl groups excluding tert-OH is 1. The van der Waals surface area contributed by atoms with E-state index < -0.39 is 29.7 Å². The molecule has 2 fully saturated rings. The molecule has 0 unspecified atom stereocenters. The van der Waals surface area contributed by atoms with Gasteiger partial charge in [-0.15, -0.1) is 0 Å². The van der Waals surface area contributed by atoms with Gasteiger partial charge in [0.25, 0.3) is 5.91 Å². The molecule has 0 spiro atoms. The molecule has 1 saturated carbocycles. The van der Waals surface area contributed by atoms with E-state index in [0.717, 1.165) is 19.3 Å². The van der Waals surface area contributed by atoms with Gasteiger partial charge in [-0.1, -0.05) is 18.9 Å². The first-order valence-electron chi connectivity index (χ1n) is 12.3. The summed E-state index contributed by atoms with van der Waals surface area (Å²) in [4.78, 5) is 25.3. The van der Waals surface area contributed by atoms with E-state index in [0.29, 0.717) is 60.8 Å². The number of carbonyl (C=O) groups is 2. The molecule has 2 aromatic rings. The number of halogens is 2. The van der Waals surface area contributed by atoms with Crippen molar-refractivity contribution in [2.24, 2.45) is 5.92 Å². The Bertz CT molecular complexity index is 1150. The monoisotopic (exact) mass is 485 g/mol. The SMILES string of the molecule is O=C(CCC1CC1)c1ccc(Cc2cc(C(=O)N[C@H]3CCOC[C@@H]3O)c(F)c3c2OCC3)cc1F. The molecule has 1 saturated heterocycles. The molecule has 1 aliphatic carbocycles. The third-order valence-corrected chi connectivity index (χ3v) is 7.08. The number of ketones is 1. The van der Waals surface area contributed by atoms with Crippen molar-refractivity contribution in [1.82, 2.24) is 5.32 Å². The number of carbonyl (C=O) groups excluding carboxylic acids is 2. The van der Waals surface area contributed by atoms with E-state index in [1.165, 1.54) is 18.2 Å². The molecule has 2 heterocycles. The Labute approximate surface area is 202 Å². The summed E-state index contributed by atoms with van der Waals surface area (Å²) < 4.78 is 40.8. The summed E-state index contributed by atoms with van der Waals surface area (Å²) in [6.07, 6.45) is 3.56. The number of amides is 1. The Kier molecular flexibility index (Phi) is 6.84. The van der Waals surface area contributed by atoms with Crippen LogP contribution < -0.4 is 10.1 Å². The van der Waals surface area contributed by atoms with Crippen molar-refractivity contribution in [3.63, 3.8) is 0 Å². The van der Waals surface area contributed by atoms with Crippen molar-refractivity contribution >= 4 is 11.7 Å². The van der Waals surface area contributed by atoms with Crippen LogP contribution in [0.25, 0.3) is 0 Å². The second-order valence-corrected chi connectivity index (χ2v) is 9.71. The number of nitrogens with one attached hydrogen (secondary N) is 1. The van der Waals surface area contributed by atoms with Crippen molar-refractivity contribution in [3.8, 4) is 5.75 Å². The van der Waals surface area contributed by atoms with Gasteiger partial charge in [-0.25, -0.2) is 8.78 Å². The lowest BCUT2D eigenvalue weighted by Gasteiger charge is -2.28. The highest BCUT2D eigenvalue weighted by molar-refractivity contribution is 5.96. The number of hydrogen-bond donors (Lipinski definition) is 2. The van der Waals surface area contributed by atoms with Crippen LogP contribution in [0.1, 0.15) is 69.5 Å². The molecular weight excluding hydrogens is 456 g/mol. The zero-order valence-corrected chi connectivity index (χ0v) is 19.4. The lowest BCUT2D eigenvalue weighted by atomic mass is 9.95. The lowest BCUT2D eigenvalue weighted by molar-refractivity contribution is -0.0261. The molecule has 0 radical (unpaired) electrons. The molecule has 2 aromatic carbocycles. The van der Waals surface area contributed by atoms with E-state index in [-0.39, 0.29) is 29.9 Å². The standard InChI is InChI=1S/C27H29F2NO5/c28-21-12-16(3-5-18(21)23(31)6-4-15-1-2-15)11-17-13-20(25(29)19-7-10-35-26(17)19)27(33)30-22-8-9-34-14-24(22)32/h3,5,12-13,15,22,24,32H,1-2,4,6-11,14H2,(H,30,33)/t22-,24-/m0/s1. The second-order valence-electron chi connectivity index (χ2n) is 9.71. The predicted octanol–water partition coefficient (Wildman–Crippen LogP) is 3.74. The van der Waals surface area contributed by atoms with Gasteiger partial charge in [-0.2, -0.15) is 0 Å². The lowest BCUT2D eigenvalue weighted by Crippen LogP contribution is -2.48. The van der Waals surface area contributed by atoms with Gasteiger partial charge in [-0.3, -0.25) is 9.59 Å². The van der Waals surface area contributed by atoms with Crippen LogP contribution >= 0.6 is 0 Å². The van der Waals surface area contributed by atoms with Crippen LogP contribution in [0.5, 0.6) is 5.75 Å². The van der Waals surface area contributed by atoms with Crippen LogP contribution in [-0.4, -0.2) is 48.8 Å². The van der Waals surface area contributed by atoms with Crippen LogP contribution in [0.3, 0.4) is 0 Å². The van der Waals surface area contributed by atoms with Gasteiger partial charge < -0.3 is 19.9 Å². The highest BCUT2D eigenvalue weighted by atomic mass is 19.1. The normalized spacial score (nSPS) is 21.3. The van der Waals surface area contributed by atoms with E-state index in [2.05, 4.69) is 5.32 Å². The Hall–Kier alpha value is -2.84. The number of rotatable bonds is 8. The largest absolute Gasteiger partial charge is 0.493 e. The van der Waals surface area contributed by atoms with E-state index in [4.69, 9.17) is 9.47 Å². The zero-order chi connectivity index (χ0) is 24.5. The van der Waals surface area contributed by atoms with E-state index in [1.54, 1.807) is 6.07 Å². The van der Waals surface area contributed by atoms with Crippen LogP contribution in [0, 0.1) is 17.6 Å². The van der Waals surface area contributed by atoms with E-state index in [1.807, 2.05) is 0 Å². The molecular formula is C27H29F2NO5. The van der Waals surface area contributed by atoms with Crippen molar-refractivity contribution in [2.75, 3.05) is 19.8 Å². The van der Waals surface area contributed by atoms with Gasteiger partial charge in [0.15, 0.2) is 5.78 Å². The van der Waals surface area contributed by atoms with Crippen molar-refractivity contribution in [3.05, 3.63) is 63.7 Å². The van der Waals surface area contributed by atoms with Gasteiger partial charge >= 0.3 is 0 Å². The van der Waals surface area contributed by atoms with Crippen molar-refractivity contribution in [2.45, 2.75) is 57.1 Å². The molecule has 186 valence electrons. The molecule has 2 aliphatic heterocycles. The number of hydrogen-bond acceptors (Lipinski definition) is 5. The summed E-state index contributed by atoms with van der Waals surface area (Å²) in [7, 11) is 0. The third-order valence-electron chi connectivity index (χ3n) is 7.08. The fourth-order valence-corrected chi connectivity index (χ4v) is 4.84. The quantitative estimate of drug-likeness (QED) is 0.557. The minimum absolute atomic E-state index is 0.0880. The Balaban J connectivity index is 1.36. The smallest absolute Gasteiger partial charge is 0.254 e. The van der Waals surface area contributed by atoms with Crippen LogP contribution in [0.15, 0.2) is 24.3 Å². The molecule has 0 bridgehead atoms. The Morgan fingerprint density at radius 2 is 1.91 bits per heavy atom. The fraction of sp³-hybridized carbons (Fsp3) is 0.481. The van der Waals surface area contributed by atoms with E-state index in [9.17, 15) is 19.1 Å². The first-order chi connectivity index (χ1) is 16.9. The van der Waals surface area contributed by atoms with Crippen LogP contribution in [-0.2, 0) is 17.6 Å². The molecule has 2 N–H and O–H groups in total. The molecule has 3 aliphatic rings. The topological polar surface area (TPSA) is 84.9 Å². The molecule has 1 amide bonds. The van der Waals surface area contributed by atoms with Crippen molar-refractivity contribution < 1.29 is 33.0 Å². The maximum atomic E-state index is 15.2. The molecule has 0 aromatic heterocycles. The summed E-state index contributed by atoms with van der Waals surface area (Å²) in [5, 5.41) is 12.8. The molecule has 35 heavy (non-hydrogen) atoms. The van der Waals surface area contributed by atoms with Gasteiger partial charge in [0.05, 0.1) is 36.5 Å². The Morgan fingerprint density at radius 3 is 2.66 bits per heavy atom. The Morgan fingerprint density at radius 1 is 1.09 bits per heavy atom. The minimum atomic E-state index is -0.860. The van der Waals surface area contributed by atoms with Crippen molar-refractivity contribution in [1.29, 1.82) is 0 Å². The third kappa shape index (κ3) is 5.23. The van der Waals surface area contributed by atoms with Crippen LogP contribution in [0.2, 0.25) is 0 Å². The highest BCUT2D eigenvalue weighted by Crippen LogP contribution is 2.36. The first kappa shape index (κ1) is 23.9. The number of fused-ring (bicyclic) bond motifs is 1. The summed E-state index contributed by atoms with van der Waals surface area (Å²) in [6.45, 7) is 0.811. The predicted molar refractivity (Wildman–Crippen MR) is 124 cm³/mol. The summed E-state index contributed by atoms with van der Waals surface area (Å²) >= 11 is 0. The molecule has 2 atom stereocenters. The van der Waals surface area contributed by atoms with Gasteiger partial charge in [0, 0.05) is 31.4 Å². The number of Topliss-reactive ketones (excluding diaryl/α,β-unsaturated/α-hetero) is 1. The average Bonchev–Trinajstić information content (AvgIpc) is 3.53. The minimum Gasteiger partial charge on any atom is -0.493 e. The number of aliphatic hydroxyl groups is 1.